The number of nitrogens with one attached hydrogen (secondary N) is 3. The third kappa shape index (κ3) is 6.75. The fourth-order valence-corrected chi connectivity index (χ4v) is 3.05. The number of carbonyl (C=O) groups is 2. The van der Waals surface area contributed by atoms with Crippen molar-refractivity contribution in [2.75, 3.05) is 38.6 Å². The van der Waals surface area contributed by atoms with Crippen molar-refractivity contribution in [2.24, 2.45) is 4.99 Å². The summed E-state index contributed by atoms with van der Waals surface area (Å²) in [5.41, 5.74) is 1.97. The highest BCUT2D eigenvalue weighted by molar-refractivity contribution is 5.95. The van der Waals surface area contributed by atoms with Gasteiger partial charge in [0, 0.05) is 31.9 Å². The number of hydrogen-bond acceptors (Lipinski definition) is 4. The van der Waals surface area contributed by atoms with Gasteiger partial charge in [0.15, 0.2) is 5.96 Å². The monoisotopic (exact) mass is 389 g/mol. The topological polar surface area (TPSA) is 95.1 Å². The summed E-state index contributed by atoms with van der Waals surface area (Å²) in [5, 5.41) is 9.24. The second-order valence-electron chi connectivity index (χ2n) is 6.63. The summed E-state index contributed by atoms with van der Waals surface area (Å²) in [7, 11) is 1.67. The van der Waals surface area contributed by atoms with Crippen LogP contribution in [0.4, 0.5) is 10.5 Å². The van der Waals surface area contributed by atoms with Gasteiger partial charge in [-0.2, -0.15) is 0 Å². The van der Waals surface area contributed by atoms with Crippen LogP contribution in [0.5, 0.6) is 0 Å². The Morgan fingerprint density at radius 2 is 2.00 bits per heavy atom. The number of ether oxygens (including phenoxy) is 1. The van der Waals surface area contributed by atoms with E-state index in [-0.39, 0.29) is 24.6 Å². The smallest absolute Gasteiger partial charge is 0.409 e. The lowest BCUT2D eigenvalue weighted by molar-refractivity contribution is -0.115. The number of hydrogen-bond donors (Lipinski definition) is 3. The third-order valence-corrected chi connectivity index (χ3v) is 4.62. The predicted molar refractivity (Wildman–Crippen MR) is 111 cm³/mol. The summed E-state index contributed by atoms with van der Waals surface area (Å²) in [4.78, 5) is 29.8. The van der Waals surface area contributed by atoms with Crippen molar-refractivity contribution >= 4 is 23.6 Å². The van der Waals surface area contributed by atoms with E-state index in [2.05, 4.69) is 27.9 Å². The Morgan fingerprint density at radius 3 is 2.64 bits per heavy atom. The van der Waals surface area contributed by atoms with Crippen LogP contribution in [0, 0.1) is 0 Å². The zero-order valence-corrected chi connectivity index (χ0v) is 17.0. The summed E-state index contributed by atoms with van der Waals surface area (Å²) in [5.74, 6) is 0.445. The summed E-state index contributed by atoms with van der Waals surface area (Å²) < 4.78 is 5.03. The number of carbonyl (C=O) groups excluding carboxylic acids is 2. The predicted octanol–water partition coefficient (Wildman–Crippen LogP) is 1.97. The summed E-state index contributed by atoms with van der Waals surface area (Å²) in [6.07, 6.45) is 2.27. The van der Waals surface area contributed by atoms with Gasteiger partial charge in [-0.25, -0.2) is 4.79 Å². The zero-order chi connectivity index (χ0) is 20.4. The molecule has 0 bridgehead atoms. The third-order valence-electron chi connectivity index (χ3n) is 4.62. The molecule has 8 heteroatoms. The van der Waals surface area contributed by atoms with Crippen LogP contribution in [0.15, 0.2) is 29.3 Å². The number of benzene rings is 1. The molecule has 154 valence electrons. The Balaban J connectivity index is 1.74. The van der Waals surface area contributed by atoms with Crippen molar-refractivity contribution in [3.63, 3.8) is 0 Å². The van der Waals surface area contributed by atoms with Crippen molar-refractivity contribution in [2.45, 2.75) is 39.2 Å². The van der Waals surface area contributed by atoms with Crippen LogP contribution in [-0.4, -0.2) is 62.2 Å². The number of guanidine groups is 1. The van der Waals surface area contributed by atoms with Crippen LogP contribution in [-0.2, 0) is 16.0 Å². The molecule has 2 rings (SSSR count). The summed E-state index contributed by atoms with van der Waals surface area (Å²) >= 11 is 0. The molecule has 0 unspecified atom stereocenters. The minimum atomic E-state index is -0.257. The van der Waals surface area contributed by atoms with E-state index < -0.39 is 0 Å². The summed E-state index contributed by atoms with van der Waals surface area (Å²) in [6.45, 7) is 5.67. The molecule has 1 aromatic carbocycles. The molecule has 3 N–H and O–H groups in total. The molecule has 1 aliphatic heterocycles. The van der Waals surface area contributed by atoms with Gasteiger partial charge < -0.3 is 25.6 Å². The van der Waals surface area contributed by atoms with Gasteiger partial charge in [-0.05, 0) is 43.9 Å². The summed E-state index contributed by atoms with van der Waals surface area (Å²) in [6, 6.07) is 8.02. The lowest BCUT2D eigenvalue weighted by Gasteiger charge is -2.32. The van der Waals surface area contributed by atoms with Crippen molar-refractivity contribution in [1.29, 1.82) is 0 Å². The minimum Gasteiger partial charge on any atom is -0.450 e. The van der Waals surface area contributed by atoms with Crippen LogP contribution < -0.4 is 16.0 Å². The van der Waals surface area contributed by atoms with Crippen molar-refractivity contribution < 1.29 is 14.3 Å². The fourth-order valence-electron chi connectivity index (χ4n) is 3.05. The van der Waals surface area contributed by atoms with Gasteiger partial charge in [-0.1, -0.05) is 19.1 Å². The quantitative estimate of drug-likeness (QED) is 0.511. The molecule has 28 heavy (non-hydrogen) atoms. The Bertz CT molecular complexity index is 684. The normalized spacial score (nSPS) is 15.1. The van der Waals surface area contributed by atoms with E-state index in [9.17, 15) is 9.59 Å². The molecule has 0 spiro atoms. The molecule has 0 radical (unpaired) electrons. The van der Waals surface area contributed by atoms with E-state index in [0.717, 1.165) is 24.9 Å². The molecule has 0 saturated carbocycles. The molecule has 1 aliphatic rings. The van der Waals surface area contributed by atoms with Gasteiger partial charge in [-0.3, -0.25) is 9.79 Å². The zero-order valence-electron chi connectivity index (χ0n) is 17.0. The van der Waals surface area contributed by atoms with Crippen LogP contribution in [0.3, 0.4) is 0 Å². The highest BCUT2D eigenvalue weighted by Crippen LogP contribution is 2.12. The van der Waals surface area contributed by atoms with Gasteiger partial charge in [0.1, 0.15) is 0 Å². The van der Waals surface area contributed by atoms with E-state index in [1.165, 1.54) is 5.56 Å². The number of piperidine rings is 1. The van der Waals surface area contributed by atoms with Gasteiger partial charge in [0.05, 0.1) is 13.2 Å². The van der Waals surface area contributed by atoms with E-state index in [1.807, 2.05) is 24.3 Å². The lowest BCUT2D eigenvalue weighted by atomic mass is 10.1. The lowest BCUT2D eigenvalue weighted by Crippen LogP contribution is -2.50. The second-order valence-corrected chi connectivity index (χ2v) is 6.63. The molecular weight excluding hydrogens is 358 g/mol. The molecule has 0 aromatic heterocycles. The average molecular weight is 390 g/mol. The molecule has 1 aromatic rings. The molecule has 2 amide bonds. The minimum absolute atomic E-state index is 0.123. The fraction of sp³-hybridized carbons (Fsp3) is 0.550. The number of amides is 2. The van der Waals surface area contributed by atoms with E-state index in [1.54, 1.807) is 18.9 Å². The highest BCUT2D eigenvalue weighted by atomic mass is 16.6. The molecular formula is C20H31N5O3. The first-order valence-electron chi connectivity index (χ1n) is 9.83. The maximum atomic E-state index is 12.2. The van der Waals surface area contributed by atoms with Crippen LogP contribution in [0.25, 0.3) is 0 Å². The number of likely N-dealkylation sites (tertiary alicyclic amines) is 1. The van der Waals surface area contributed by atoms with Gasteiger partial charge in [0.25, 0.3) is 0 Å². The average Bonchev–Trinajstić information content (AvgIpc) is 2.71. The first-order valence-corrected chi connectivity index (χ1v) is 9.83. The van der Waals surface area contributed by atoms with Gasteiger partial charge in [0.2, 0.25) is 5.91 Å². The standard InChI is InChI=1S/C20H31N5O3/c1-4-15-7-6-8-17(13-15)23-18(26)14-22-19(21-3)24-16-9-11-25(12-10-16)20(27)28-5-2/h6-8,13,16H,4-5,9-12,14H2,1-3H3,(H,23,26)(H2,21,22,24). The molecule has 0 aliphatic carbocycles. The molecule has 8 nitrogen and oxygen atoms in total. The molecule has 1 fully saturated rings. The van der Waals surface area contributed by atoms with E-state index >= 15 is 0 Å². The van der Waals surface area contributed by atoms with Gasteiger partial charge >= 0.3 is 6.09 Å². The van der Waals surface area contributed by atoms with Crippen LogP contribution in [0.1, 0.15) is 32.3 Å². The molecule has 1 saturated heterocycles. The Hall–Kier alpha value is -2.77. The first-order chi connectivity index (χ1) is 13.5. The number of aliphatic imine (C=N–C) groups is 1. The molecule has 0 atom stereocenters. The van der Waals surface area contributed by atoms with E-state index in [4.69, 9.17) is 4.74 Å². The highest BCUT2D eigenvalue weighted by Gasteiger charge is 2.24. The van der Waals surface area contributed by atoms with Crippen molar-refractivity contribution in [1.82, 2.24) is 15.5 Å². The first kappa shape index (κ1) is 21.5. The number of nitrogens with zero attached hydrogens (tertiary/aromatic N) is 2. The Morgan fingerprint density at radius 1 is 1.25 bits per heavy atom. The molecule has 1 heterocycles. The number of aryl methyl sites for hydroxylation is 1. The SMILES string of the molecule is CCOC(=O)N1CCC(NC(=NC)NCC(=O)Nc2cccc(CC)c2)CC1. The van der Waals surface area contributed by atoms with Crippen LogP contribution >= 0.6 is 0 Å². The number of anilines is 1. The Kier molecular flexibility index (Phi) is 8.58. The van der Waals surface area contributed by atoms with Crippen molar-refractivity contribution in [3.05, 3.63) is 29.8 Å². The maximum absolute atomic E-state index is 12.2. The van der Waals surface area contributed by atoms with E-state index in [0.29, 0.717) is 25.7 Å². The second kappa shape index (κ2) is 11.2. The maximum Gasteiger partial charge on any atom is 0.409 e. The van der Waals surface area contributed by atoms with Gasteiger partial charge in [-0.15, -0.1) is 0 Å². The number of rotatable bonds is 6. The van der Waals surface area contributed by atoms with Crippen molar-refractivity contribution in [3.8, 4) is 0 Å². The largest absolute Gasteiger partial charge is 0.450 e. The van der Waals surface area contributed by atoms with Crippen LogP contribution in [0.2, 0.25) is 0 Å². The Labute approximate surface area is 166 Å².